The van der Waals surface area contributed by atoms with E-state index in [4.69, 9.17) is 21.4 Å². The zero-order valence-corrected chi connectivity index (χ0v) is 11.4. The Balaban J connectivity index is 2.56. The fourth-order valence-corrected chi connectivity index (χ4v) is 1.72. The molecule has 0 aromatic heterocycles. The first-order valence-corrected chi connectivity index (χ1v) is 6.32. The van der Waals surface area contributed by atoms with E-state index in [0.717, 1.165) is 0 Å². The Morgan fingerprint density at radius 2 is 2.11 bits per heavy atom. The summed E-state index contributed by atoms with van der Waals surface area (Å²) in [5.74, 6) is -1.28. The van der Waals surface area contributed by atoms with Crippen LogP contribution < -0.4 is 5.32 Å². The number of hydrogen-bond acceptors (Lipinski definition) is 3. The highest BCUT2D eigenvalue weighted by Crippen LogP contribution is 2.19. The van der Waals surface area contributed by atoms with Crippen LogP contribution in [0.3, 0.4) is 0 Å². The first-order chi connectivity index (χ1) is 9.02. The van der Waals surface area contributed by atoms with Crippen molar-refractivity contribution in [3.63, 3.8) is 0 Å². The van der Waals surface area contributed by atoms with E-state index < -0.39 is 5.97 Å². The third-order valence-electron chi connectivity index (χ3n) is 2.33. The van der Waals surface area contributed by atoms with Crippen molar-refractivity contribution in [1.29, 1.82) is 0 Å². The van der Waals surface area contributed by atoms with E-state index >= 15 is 0 Å². The number of ether oxygens (including phenoxy) is 1. The Bertz CT molecular complexity index is 462. The molecule has 1 aromatic carbocycles. The molecule has 0 aliphatic heterocycles. The maximum Gasteiger partial charge on any atom is 0.335 e. The van der Waals surface area contributed by atoms with Crippen LogP contribution in [0.4, 0.5) is 5.69 Å². The third-order valence-corrected chi connectivity index (χ3v) is 2.54. The fourth-order valence-electron chi connectivity index (χ4n) is 1.49. The van der Waals surface area contributed by atoms with Crippen molar-refractivity contribution in [1.82, 2.24) is 0 Å². The molecular formula is C13H16ClNO4. The van der Waals surface area contributed by atoms with Crippen molar-refractivity contribution in [2.75, 3.05) is 18.5 Å². The molecule has 19 heavy (non-hydrogen) atoms. The summed E-state index contributed by atoms with van der Waals surface area (Å²) in [5.41, 5.74) is 0.420. The van der Waals surface area contributed by atoms with E-state index in [1.54, 1.807) is 0 Å². The summed E-state index contributed by atoms with van der Waals surface area (Å²) in [6, 6.07) is 4.21. The van der Waals surface area contributed by atoms with E-state index in [0.29, 0.717) is 31.7 Å². The Hall–Kier alpha value is -1.59. The molecule has 0 atom stereocenters. The molecular weight excluding hydrogens is 270 g/mol. The van der Waals surface area contributed by atoms with Crippen LogP contribution in [0, 0.1) is 0 Å². The third kappa shape index (κ3) is 5.72. The lowest BCUT2D eigenvalue weighted by Gasteiger charge is -2.07. The van der Waals surface area contributed by atoms with E-state index in [9.17, 15) is 9.59 Å². The molecule has 0 fully saturated rings. The standard InChI is InChI=1S/C13H16ClNO4/c1-2-19-5-3-4-12(16)15-11-7-9(13(17)18)6-10(14)8-11/h6-8H,2-5H2,1H3,(H,15,16)(H,17,18). The number of rotatable bonds is 7. The van der Waals surface area contributed by atoms with Crippen LogP contribution in [0.15, 0.2) is 18.2 Å². The van der Waals surface area contributed by atoms with Gasteiger partial charge in [-0.25, -0.2) is 4.79 Å². The number of carboxylic acid groups (broad SMARTS) is 1. The maximum atomic E-state index is 11.6. The molecule has 0 aliphatic carbocycles. The fraction of sp³-hybridized carbons (Fsp3) is 0.385. The minimum atomic E-state index is -1.09. The van der Waals surface area contributed by atoms with Gasteiger partial charge in [0.1, 0.15) is 0 Å². The molecule has 0 radical (unpaired) electrons. The van der Waals surface area contributed by atoms with Crippen molar-refractivity contribution in [3.05, 3.63) is 28.8 Å². The van der Waals surface area contributed by atoms with E-state index in [2.05, 4.69) is 5.32 Å². The van der Waals surface area contributed by atoms with Crippen LogP contribution >= 0.6 is 11.6 Å². The van der Waals surface area contributed by atoms with Gasteiger partial charge in [0, 0.05) is 30.3 Å². The van der Waals surface area contributed by atoms with Crippen LogP contribution in [0.25, 0.3) is 0 Å². The lowest BCUT2D eigenvalue weighted by Crippen LogP contribution is -2.13. The number of halogens is 1. The highest BCUT2D eigenvalue weighted by Gasteiger charge is 2.08. The first kappa shape index (κ1) is 15.5. The molecule has 0 saturated heterocycles. The van der Waals surface area contributed by atoms with Crippen LogP contribution in [-0.2, 0) is 9.53 Å². The molecule has 0 bridgehead atoms. The largest absolute Gasteiger partial charge is 0.478 e. The van der Waals surface area contributed by atoms with Crippen LogP contribution in [-0.4, -0.2) is 30.2 Å². The molecule has 1 rings (SSSR count). The first-order valence-electron chi connectivity index (χ1n) is 5.94. The molecule has 1 aromatic rings. The molecule has 0 spiro atoms. The van der Waals surface area contributed by atoms with Gasteiger partial charge in [0.2, 0.25) is 5.91 Å². The van der Waals surface area contributed by atoms with E-state index in [1.165, 1.54) is 18.2 Å². The van der Waals surface area contributed by atoms with Gasteiger partial charge in [0.05, 0.1) is 5.56 Å². The molecule has 5 nitrogen and oxygen atoms in total. The summed E-state index contributed by atoms with van der Waals surface area (Å²) in [6.07, 6.45) is 0.931. The maximum absolute atomic E-state index is 11.6. The summed E-state index contributed by atoms with van der Waals surface area (Å²) < 4.78 is 5.12. The van der Waals surface area contributed by atoms with E-state index in [-0.39, 0.29) is 16.5 Å². The molecule has 0 saturated carbocycles. The van der Waals surface area contributed by atoms with Gasteiger partial charge in [-0.05, 0) is 31.5 Å². The molecule has 0 aliphatic rings. The van der Waals surface area contributed by atoms with Gasteiger partial charge >= 0.3 is 5.97 Å². The number of aromatic carboxylic acids is 1. The number of carbonyl (C=O) groups excluding carboxylic acids is 1. The minimum Gasteiger partial charge on any atom is -0.478 e. The summed E-state index contributed by atoms with van der Waals surface area (Å²) in [7, 11) is 0. The van der Waals surface area contributed by atoms with Crippen molar-refractivity contribution < 1.29 is 19.4 Å². The van der Waals surface area contributed by atoms with Crippen molar-refractivity contribution in [2.45, 2.75) is 19.8 Å². The molecule has 2 N–H and O–H groups in total. The number of carbonyl (C=O) groups is 2. The van der Waals surface area contributed by atoms with Crippen molar-refractivity contribution in [2.24, 2.45) is 0 Å². The van der Waals surface area contributed by atoms with E-state index in [1.807, 2.05) is 6.92 Å². The van der Waals surface area contributed by atoms with Gasteiger partial charge in [-0.1, -0.05) is 11.6 Å². The Morgan fingerprint density at radius 1 is 1.37 bits per heavy atom. The summed E-state index contributed by atoms with van der Waals surface area (Å²) >= 11 is 5.79. The number of benzene rings is 1. The van der Waals surface area contributed by atoms with Gasteiger partial charge in [-0.15, -0.1) is 0 Å². The molecule has 0 unspecified atom stereocenters. The molecule has 0 heterocycles. The summed E-state index contributed by atoms with van der Waals surface area (Å²) in [6.45, 7) is 3.04. The zero-order chi connectivity index (χ0) is 14.3. The van der Waals surface area contributed by atoms with Gasteiger partial charge in [-0.3, -0.25) is 4.79 Å². The van der Waals surface area contributed by atoms with Crippen molar-refractivity contribution in [3.8, 4) is 0 Å². The summed E-state index contributed by atoms with van der Waals surface area (Å²) in [5, 5.41) is 11.8. The van der Waals surface area contributed by atoms with Gasteiger partial charge in [-0.2, -0.15) is 0 Å². The SMILES string of the molecule is CCOCCCC(=O)Nc1cc(Cl)cc(C(=O)O)c1. The number of nitrogens with one attached hydrogen (secondary N) is 1. The molecule has 6 heteroatoms. The molecule has 1 amide bonds. The lowest BCUT2D eigenvalue weighted by atomic mass is 10.2. The van der Waals surface area contributed by atoms with Gasteiger partial charge in [0.15, 0.2) is 0 Å². The van der Waals surface area contributed by atoms with Crippen LogP contribution in [0.1, 0.15) is 30.1 Å². The number of anilines is 1. The normalized spacial score (nSPS) is 10.2. The highest BCUT2D eigenvalue weighted by molar-refractivity contribution is 6.31. The van der Waals surface area contributed by atoms with Gasteiger partial charge in [0.25, 0.3) is 0 Å². The highest BCUT2D eigenvalue weighted by atomic mass is 35.5. The van der Waals surface area contributed by atoms with Crippen LogP contribution in [0.2, 0.25) is 5.02 Å². The second kappa shape index (κ2) is 7.76. The summed E-state index contributed by atoms with van der Waals surface area (Å²) in [4.78, 5) is 22.5. The topological polar surface area (TPSA) is 75.6 Å². The zero-order valence-electron chi connectivity index (χ0n) is 10.6. The Kier molecular flexibility index (Phi) is 6.32. The average molecular weight is 286 g/mol. The minimum absolute atomic E-state index is 0.0390. The number of carboxylic acids is 1. The second-order valence-electron chi connectivity index (χ2n) is 3.88. The Morgan fingerprint density at radius 3 is 2.74 bits per heavy atom. The predicted molar refractivity (Wildman–Crippen MR) is 72.8 cm³/mol. The molecule has 104 valence electrons. The number of hydrogen-bond donors (Lipinski definition) is 2. The monoisotopic (exact) mass is 285 g/mol. The predicted octanol–water partition coefficient (Wildman–Crippen LogP) is 2.79. The van der Waals surface area contributed by atoms with Crippen LogP contribution in [0.5, 0.6) is 0 Å². The number of amides is 1. The lowest BCUT2D eigenvalue weighted by molar-refractivity contribution is -0.116. The van der Waals surface area contributed by atoms with Gasteiger partial charge < -0.3 is 15.2 Å². The second-order valence-corrected chi connectivity index (χ2v) is 4.32. The van der Waals surface area contributed by atoms with Crippen molar-refractivity contribution >= 4 is 29.2 Å². The quantitative estimate of drug-likeness (QED) is 0.755. The smallest absolute Gasteiger partial charge is 0.335 e. The Labute approximate surface area is 116 Å². The average Bonchev–Trinajstić information content (AvgIpc) is 2.34.